The molecule has 0 spiro atoms. The van der Waals surface area contributed by atoms with E-state index in [1.165, 1.54) is 0 Å². The lowest BCUT2D eigenvalue weighted by Crippen LogP contribution is -2.11. The molecule has 3 N–H and O–H groups in total. The molecule has 114 valence electrons. The van der Waals surface area contributed by atoms with Gasteiger partial charge in [-0.2, -0.15) is 15.5 Å². The van der Waals surface area contributed by atoms with E-state index in [4.69, 9.17) is 5.73 Å². The summed E-state index contributed by atoms with van der Waals surface area (Å²) < 4.78 is 1.80. The number of hydrogen-bond donors (Lipinski definition) is 2. The average molecular weight is 305 g/mol. The highest BCUT2D eigenvalue weighted by atomic mass is 15.3. The molecular weight excluding hydrogens is 290 g/mol. The Balaban J connectivity index is 2.10. The zero-order valence-electron chi connectivity index (χ0n) is 12.9. The van der Waals surface area contributed by atoms with Gasteiger partial charge >= 0.3 is 0 Å². The predicted molar refractivity (Wildman–Crippen MR) is 85.3 cm³/mol. The number of nitrogens with one attached hydrogen (secondary N) is 1. The number of hydrogen-bond acceptors (Lipinski definition) is 5. The van der Waals surface area contributed by atoms with Crippen LogP contribution in [0.4, 0.5) is 5.82 Å². The molecule has 7 nitrogen and oxygen atoms in total. The van der Waals surface area contributed by atoms with Crippen LogP contribution in [-0.4, -0.2) is 25.0 Å². The van der Waals surface area contributed by atoms with E-state index >= 15 is 0 Å². The van der Waals surface area contributed by atoms with Crippen LogP contribution in [0.2, 0.25) is 0 Å². The zero-order chi connectivity index (χ0) is 16.1. The smallest absolute Gasteiger partial charge is 0.142 e. The second kappa shape index (κ2) is 4.68. The lowest BCUT2D eigenvalue weighted by Gasteiger charge is -2.20. The first kappa shape index (κ1) is 13.5. The summed E-state index contributed by atoms with van der Waals surface area (Å²) in [5.74, 6) is 0.249. The van der Waals surface area contributed by atoms with Gasteiger partial charge in [0, 0.05) is 35.1 Å². The van der Waals surface area contributed by atoms with E-state index in [0.29, 0.717) is 5.56 Å². The molecule has 0 unspecified atom stereocenters. The summed E-state index contributed by atoms with van der Waals surface area (Å²) in [5, 5.41) is 21.0. The van der Waals surface area contributed by atoms with E-state index < -0.39 is 0 Å². The molecule has 3 aromatic rings. The summed E-state index contributed by atoms with van der Waals surface area (Å²) >= 11 is 0. The van der Waals surface area contributed by atoms with Gasteiger partial charge in [-0.05, 0) is 25.3 Å². The number of rotatable bonds is 1. The molecule has 0 amide bonds. The monoisotopic (exact) mass is 305 g/mol. The Bertz CT molecular complexity index is 971. The number of anilines is 1. The second-order valence-corrected chi connectivity index (χ2v) is 5.72. The van der Waals surface area contributed by atoms with Gasteiger partial charge in [-0.25, -0.2) is 4.98 Å². The van der Waals surface area contributed by atoms with Gasteiger partial charge in [0.05, 0.1) is 18.1 Å². The van der Waals surface area contributed by atoms with Crippen molar-refractivity contribution in [1.29, 1.82) is 5.26 Å². The van der Waals surface area contributed by atoms with E-state index in [9.17, 15) is 5.26 Å². The maximum Gasteiger partial charge on any atom is 0.142 e. The van der Waals surface area contributed by atoms with Crippen molar-refractivity contribution in [3.63, 3.8) is 0 Å². The highest BCUT2D eigenvalue weighted by Crippen LogP contribution is 2.41. The number of aromatic nitrogens is 5. The molecule has 23 heavy (non-hydrogen) atoms. The van der Waals surface area contributed by atoms with Gasteiger partial charge in [0.1, 0.15) is 17.5 Å². The number of aryl methyl sites for hydroxylation is 2. The number of nitrogen functional groups attached to an aromatic ring is 1. The van der Waals surface area contributed by atoms with E-state index in [1.54, 1.807) is 17.1 Å². The summed E-state index contributed by atoms with van der Waals surface area (Å²) in [6.45, 7) is 1.98. The standard InChI is InChI=1S/C16H15N7/c1-8-11(7-20-23(8)2)14-9-3-4-13-12(6-19-22-13)15(9)21-16(18)10(14)5-17/h6-7H,3-4H2,1-2H3,(H2,18,21)(H,19,22). The Morgan fingerprint density at radius 1 is 1.30 bits per heavy atom. The highest BCUT2D eigenvalue weighted by molar-refractivity contribution is 5.86. The summed E-state index contributed by atoms with van der Waals surface area (Å²) in [5.41, 5.74) is 13.2. The average Bonchev–Trinajstić information content (AvgIpc) is 3.14. The predicted octanol–water partition coefficient (Wildman–Crippen LogP) is 1.73. The lowest BCUT2D eigenvalue weighted by atomic mass is 9.86. The minimum Gasteiger partial charge on any atom is -0.383 e. The molecule has 0 atom stereocenters. The first-order valence-corrected chi connectivity index (χ1v) is 7.35. The van der Waals surface area contributed by atoms with Crippen LogP contribution < -0.4 is 5.73 Å². The van der Waals surface area contributed by atoms with Gasteiger partial charge in [0.15, 0.2) is 0 Å². The normalized spacial score (nSPS) is 12.6. The van der Waals surface area contributed by atoms with E-state index in [0.717, 1.165) is 52.2 Å². The van der Waals surface area contributed by atoms with Crippen molar-refractivity contribution >= 4 is 5.82 Å². The lowest BCUT2D eigenvalue weighted by molar-refractivity contribution is 0.740. The van der Waals surface area contributed by atoms with Crippen molar-refractivity contribution in [2.24, 2.45) is 7.05 Å². The molecule has 0 fully saturated rings. The minimum absolute atomic E-state index is 0.249. The Labute approximate surface area is 132 Å². The van der Waals surface area contributed by atoms with Gasteiger partial charge < -0.3 is 5.73 Å². The number of nitrogens with two attached hydrogens (primary N) is 1. The van der Waals surface area contributed by atoms with Crippen molar-refractivity contribution in [3.05, 3.63) is 34.9 Å². The summed E-state index contributed by atoms with van der Waals surface area (Å²) in [4.78, 5) is 4.49. The van der Waals surface area contributed by atoms with Gasteiger partial charge in [-0.1, -0.05) is 0 Å². The number of fused-ring (bicyclic) bond motifs is 3. The van der Waals surface area contributed by atoms with Gasteiger partial charge in [-0.3, -0.25) is 9.78 Å². The van der Waals surface area contributed by atoms with Crippen LogP contribution in [0.25, 0.3) is 22.4 Å². The third-order valence-electron chi connectivity index (χ3n) is 4.54. The zero-order valence-corrected chi connectivity index (χ0v) is 12.9. The maximum absolute atomic E-state index is 9.60. The Hall–Kier alpha value is -3.14. The molecule has 0 bridgehead atoms. The number of aromatic amines is 1. The molecule has 4 rings (SSSR count). The molecular formula is C16H15N7. The van der Waals surface area contributed by atoms with Gasteiger partial charge in [0.25, 0.3) is 0 Å². The SMILES string of the molecule is Cc1c(-c2c(C#N)c(N)nc3c2CCc2[nH]ncc2-3)cnn1C. The molecule has 3 heterocycles. The number of nitrogens with zero attached hydrogens (tertiary/aromatic N) is 5. The van der Waals surface area contributed by atoms with Crippen LogP contribution in [0.3, 0.4) is 0 Å². The molecule has 1 aliphatic carbocycles. The fourth-order valence-corrected chi connectivity index (χ4v) is 3.22. The Morgan fingerprint density at radius 3 is 2.83 bits per heavy atom. The van der Waals surface area contributed by atoms with Crippen LogP contribution in [-0.2, 0) is 19.9 Å². The van der Waals surface area contributed by atoms with Crippen molar-refractivity contribution < 1.29 is 0 Å². The number of pyridine rings is 1. The topological polar surface area (TPSA) is 109 Å². The Kier molecular flexibility index (Phi) is 2.75. The van der Waals surface area contributed by atoms with E-state index in [-0.39, 0.29) is 5.82 Å². The molecule has 3 aromatic heterocycles. The van der Waals surface area contributed by atoms with Crippen molar-refractivity contribution in [2.45, 2.75) is 19.8 Å². The molecule has 0 saturated heterocycles. The van der Waals surface area contributed by atoms with Gasteiger partial charge in [0.2, 0.25) is 0 Å². The van der Waals surface area contributed by atoms with Crippen LogP contribution in [0, 0.1) is 18.3 Å². The quantitative estimate of drug-likeness (QED) is 0.711. The second-order valence-electron chi connectivity index (χ2n) is 5.72. The molecule has 1 aliphatic rings. The molecule has 0 saturated carbocycles. The van der Waals surface area contributed by atoms with Crippen LogP contribution in [0.15, 0.2) is 12.4 Å². The van der Waals surface area contributed by atoms with Crippen molar-refractivity contribution in [3.8, 4) is 28.5 Å². The molecule has 0 radical (unpaired) electrons. The molecule has 0 aliphatic heterocycles. The third kappa shape index (κ3) is 1.78. The first-order chi connectivity index (χ1) is 11.1. The third-order valence-corrected chi connectivity index (χ3v) is 4.54. The van der Waals surface area contributed by atoms with Crippen molar-refractivity contribution in [2.75, 3.05) is 5.73 Å². The maximum atomic E-state index is 9.60. The first-order valence-electron chi connectivity index (χ1n) is 7.35. The van der Waals surface area contributed by atoms with Gasteiger partial charge in [-0.15, -0.1) is 0 Å². The minimum atomic E-state index is 0.249. The highest BCUT2D eigenvalue weighted by Gasteiger charge is 2.27. The summed E-state index contributed by atoms with van der Waals surface area (Å²) in [7, 11) is 1.88. The largest absolute Gasteiger partial charge is 0.383 e. The van der Waals surface area contributed by atoms with E-state index in [2.05, 4.69) is 26.3 Å². The summed E-state index contributed by atoms with van der Waals surface area (Å²) in [6.07, 6.45) is 5.18. The van der Waals surface area contributed by atoms with E-state index in [1.807, 2.05) is 14.0 Å². The van der Waals surface area contributed by atoms with Crippen LogP contribution >= 0.6 is 0 Å². The fourth-order valence-electron chi connectivity index (χ4n) is 3.22. The van der Waals surface area contributed by atoms with Crippen LogP contribution in [0.1, 0.15) is 22.5 Å². The molecule has 7 heteroatoms. The van der Waals surface area contributed by atoms with Crippen molar-refractivity contribution in [1.82, 2.24) is 25.0 Å². The van der Waals surface area contributed by atoms with Crippen LogP contribution in [0.5, 0.6) is 0 Å². The number of nitriles is 1. The number of H-pyrrole nitrogens is 1. The Morgan fingerprint density at radius 2 is 2.13 bits per heavy atom. The fraction of sp³-hybridized carbons (Fsp3) is 0.250. The molecule has 0 aromatic carbocycles. The summed E-state index contributed by atoms with van der Waals surface area (Å²) in [6, 6.07) is 2.22.